The van der Waals surface area contributed by atoms with Crippen LogP contribution in [0.25, 0.3) is 135 Å². The van der Waals surface area contributed by atoms with Crippen molar-refractivity contribution in [3.05, 3.63) is 411 Å². The standard InChI is InChI=1S/2C37H28BN3.C36H27BN4/c1-37(2)30-23-27(33-24-32(25-13-5-3-6-14-25)39-36(40-33)26-15-7-4-8-16-26)21-22-35(30)41-34-20-12-10-18-29(34)28-17-9-11-19-31(28)38(37)41;1-37(2)30-23-27(36-39-32(25-13-5-3-6-14-25)24-33(40-36)26-15-7-4-8-16-26)21-22-35(30)41-34-20-12-10-18-29(34)28-17-9-11-19-31(28)38(37)41;1-36(2)29-23-26(35-39-33(24-13-5-3-6-14-24)38-34(40-35)25-15-7-4-8-16-25)21-22-32(29)41-31-20-12-10-18-28(31)27-17-9-11-19-30(27)37(36)41/h2*3-24H,1-2H3;3-23H,1-2H3. The van der Waals surface area contributed by atoms with E-state index in [1.54, 1.807) is 0 Å². The average molecular weight is 1580 g/mol. The maximum atomic E-state index is 5.11. The first kappa shape index (κ1) is 74.4. The summed E-state index contributed by atoms with van der Waals surface area (Å²) < 4.78 is 0. The van der Waals surface area contributed by atoms with Crippen molar-refractivity contribution in [2.45, 2.75) is 57.5 Å². The summed E-state index contributed by atoms with van der Waals surface area (Å²) in [5, 5.41) is -0.396. The molecule has 10 nitrogen and oxygen atoms in total. The lowest BCUT2D eigenvalue weighted by atomic mass is 9.37. The molecular weight excluding hydrogens is 1490 g/mol. The van der Waals surface area contributed by atoms with Gasteiger partial charge in [0.05, 0.1) is 22.8 Å². The second-order valence-electron chi connectivity index (χ2n) is 34.4. The van der Waals surface area contributed by atoms with Crippen LogP contribution in [-0.2, 0) is 15.9 Å². The molecule has 3 aromatic heterocycles. The highest BCUT2D eigenvalue weighted by molar-refractivity contribution is 6.85. The first-order valence-electron chi connectivity index (χ1n) is 42.5. The number of nitrogens with zero attached hydrogens (tertiary/aromatic N) is 10. The predicted molar refractivity (Wildman–Crippen MR) is 510 cm³/mol. The quantitative estimate of drug-likeness (QED) is 0.130. The summed E-state index contributed by atoms with van der Waals surface area (Å²) in [5.74, 6) is 3.52. The molecule has 0 fully saturated rings. The summed E-state index contributed by atoms with van der Waals surface area (Å²) in [6, 6.07) is 139. The van der Waals surface area contributed by atoms with Crippen molar-refractivity contribution in [3.8, 4) is 135 Å². The molecule has 13 heteroatoms. The highest BCUT2D eigenvalue weighted by Crippen LogP contribution is 2.57. The van der Waals surface area contributed by atoms with Crippen molar-refractivity contribution in [2.75, 3.05) is 14.4 Å². The predicted octanol–water partition coefficient (Wildman–Crippen LogP) is 24.4. The molecule has 6 aliphatic heterocycles. The van der Waals surface area contributed by atoms with E-state index in [1.807, 2.05) is 97.1 Å². The van der Waals surface area contributed by atoms with Gasteiger partial charge in [0.1, 0.15) is 0 Å². The van der Waals surface area contributed by atoms with E-state index >= 15 is 0 Å². The molecule has 0 bridgehead atoms. The topological polar surface area (TPSA) is 100.0 Å². The summed E-state index contributed by atoms with van der Waals surface area (Å²) in [5.41, 5.74) is 36.6. The zero-order valence-corrected chi connectivity index (χ0v) is 69.2. The number of para-hydroxylation sites is 3. The maximum absolute atomic E-state index is 5.11. The molecular formula is C110H83B3N10. The van der Waals surface area contributed by atoms with Crippen LogP contribution in [0.4, 0.5) is 34.1 Å². The summed E-state index contributed by atoms with van der Waals surface area (Å²) in [7, 11) is 0. The Morgan fingerprint density at radius 1 is 0.179 bits per heavy atom. The number of anilines is 6. The molecule has 582 valence electrons. The van der Waals surface area contributed by atoms with Crippen LogP contribution in [0.15, 0.2) is 394 Å². The molecule has 18 aromatic rings. The van der Waals surface area contributed by atoms with Crippen molar-refractivity contribution < 1.29 is 0 Å². The molecule has 0 spiro atoms. The van der Waals surface area contributed by atoms with E-state index in [1.165, 1.54) is 101 Å². The van der Waals surface area contributed by atoms with Gasteiger partial charge in [-0.25, -0.2) is 34.9 Å². The first-order chi connectivity index (χ1) is 60.3. The van der Waals surface area contributed by atoms with Crippen LogP contribution in [0, 0.1) is 0 Å². The van der Waals surface area contributed by atoms with E-state index in [4.69, 9.17) is 34.9 Å². The zero-order chi connectivity index (χ0) is 82.7. The third-order valence-corrected chi connectivity index (χ3v) is 26.0. The summed E-state index contributed by atoms with van der Waals surface area (Å²) in [4.78, 5) is 42.8. The molecule has 0 atom stereocenters. The van der Waals surface area contributed by atoms with Crippen LogP contribution >= 0.6 is 0 Å². The lowest BCUT2D eigenvalue weighted by molar-refractivity contribution is 0.759. The minimum absolute atomic E-state index is 0.119. The SMILES string of the molecule is CC1(C)B2c3ccccc3-c3ccccc3N2c2ccc(-c3cc(-c4ccccc4)nc(-c4ccccc4)n3)cc21.CC1(C)B2c3ccccc3-c3ccccc3N2c2ccc(-c3nc(-c4ccccc4)cc(-c4ccccc4)n3)cc21.CC1(C)B2c3ccccc3-c3ccccc3N2c2ccc(-c3nc(-c4ccccc4)nc(-c4ccccc4)n3)cc21. The highest BCUT2D eigenvalue weighted by Gasteiger charge is 2.56. The molecule has 123 heavy (non-hydrogen) atoms. The summed E-state index contributed by atoms with van der Waals surface area (Å²) in [6.45, 7) is 14.9. The van der Waals surface area contributed by atoms with Gasteiger partial charge in [-0.1, -0.05) is 357 Å². The Hall–Kier alpha value is -14.9. The van der Waals surface area contributed by atoms with E-state index < -0.39 is 0 Å². The van der Waals surface area contributed by atoms with E-state index in [0.717, 1.165) is 84.5 Å². The molecule has 0 N–H and O–H groups in total. The number of rotatable bonds is 9. The molecule has 6 aliphatic rings. The van der Waals surface area contributed by atoms with E-state index in [-0.39, 0.29) is 36.5 Å². The van der Waals surface area contributed by atoms with Crippen molar-refractivity contribution in [3.63, 3.8) is 0 Å². The third-order valence-electron chi connectivity index (χ3n) is 26.0. The molecule has 0 aliphatic carbocycles. The van der Waals surface area contributed by atoms with Crippen molar-refractivity contribution in [1.82, 2.24) is 34.9 Å². The van der Waals surface area contributed by atoms with Gasteiger partial charge in [0.25, 0.3) is 0 Å². The Kier molecular flexibility index (Phi) is 18.0. The van der Waals surface area contributed by atoms with Gasteiger partial charge in [-0.05, 0) is 145 Å². The number of hydrogen-bond donors (Lipinski definition) is 0. The first-order valence-corrected chi connectivity index (χ1v) is 42.5. The molecule has 24 rings (SSSR count). The smallest absolute Gasteiger partial charge is 0.304 e. The fourth-order valence-corrected chi connectivity index (χ4v) is 20.2. The van der Waals surface area contributed by atoms with Gasteiger partial charge in [0.2, 0.25) is 0 Å². The van der Waals surface area contributed by atoms with E-state index in [2.05, 4.69) is 353 Å². The molecule has 0 radical (unpaired) electrons. The maximum Gasteiger partial charge on any atom is 0.304 e. The van der Waals surface area contributed by atoms with Gasteiger partial charge in [-0.2, -0.15) is 0 Å². The average Bonchev–Trinajstić information content (AvgIpc) is 1.56. The second kappa shape index (κ2) is 29.8. The van der Waals surface area contributed by atoms with Gasteiger partial charge in [0.15, 0.2) is 29.1 Å². The van der Waals surface area contributed by atoms with Crippen molar-refractivity contribution >= 4 is 71.1 Å². The van der Waals surface area contributed by atoms with E-state index in [0.29, 0.717) is 17.5 Å². The third kappa shape index (κ3) is 12.6. The molecule has 15 aromatic carbocycles. The molecule has 0 unspecified atom stereocenters. The van der Waals surface area contributed by atoms with Crippen LogP contribution in [-0.4, -0.2) is 55.4 Å². The minimum Gasteiger partial charge on any atom is -0.380 e. The van der Waals surface area contributed by atoms with Gasteiger partial charge in [-0.15, -0.1) is 0 Å². The second-order valence-corrected chi connectivity index (χ2v) is 34.4. The van der Waals surface area contributed by atoms with Gasteiger partial charge in [0, 0.05) is 101 Å². The minimum atomic E-state index is -0.146. The lowest BCUT2D eigenvalue weighted by Crippen LogP contribution is -2.55. The monoisotopic (exact) mass is 1580 g/mol. The van der Waals surface area contributed by atoms with Crippen LogP contribution in [0.5, 0.6) is 0 Å². The van der Waals surface area contributed by atoms with Gasteiger partial charge >= 0.3 is 20.5 Å². The van der Waals surface area contributed by atoms with Crippen LogP contribution in [0.2, 0.25) is 0 Å². The Morgan fingerprint density at radius 2 is 0.398 bits per heavy atom. The number of hydrogen-bond acceptors (Lipinski definition) is 10. The number of fused-ring (bicyclic) bond motifs is 24. The summed E-state index contributed by atoms with van der Waals surface area (Å²) >= 11 is 0. The molecule has 0 saturated carbocycles. The Morgan fingerprint density at radius 3 is 0.707 bits per heavy atom. The highest BCUT2D eigenvalue weighted by atomic mass is 15.1. The lowest BCUT2D eigenvalue weighted by Gasteiger charge is -2.38. The zero-order valence-electron chi connectivity index (χ0n) is 69.2. The van der Waals surface area contributed by atoms with Crippen LogP contribution < -0.4 is 30.8 Å². The normalized spacial score (nSPS) is 14.2. The molecule has 9 heterocycles. The Balaban J connectivity index is 0.000000110. The van der Waals surface area contributed by atoms with Crippen LogP contribution in [0.1, 0.15) is 58.2 Å². The van der Waals surface area contributed by atoms with Crippen molar-refractivity contribution in [2.24, 2.45) is 0 Å². The van der Waals surface area contributed by atoms with Gasteiger partial charge in [-0.3, -0.25) is 0 Å². The fraction of sp³-hybridized carbons (Fsp3) is 0.0818. The molecule has 0 saturated heterocycles. The number of aromatic nitrogens is 7. The Labute approximate surface area is 719 Å². The fourth-order valence-electron chi connectivity index (χ4n) is 20.2. The van der Waals surface area contributed by atoms with E-state index in [9.17, 15) is 0 Å². The van der Waals surface area contributed by atoms with Gasteiger partial charge < -0.3 is 14.4 Å². The summed E-state index contributed by atoms with van der Waals surface area (Å²) in [6.07, 6.45) is 0. The number of benzene rings is 15. The van der Waals surface area contributed by atoms with Crippen molar-refractivity contribution in [1.29, 1.82) is 0 Å². The largest absolute Gasteiger partial charge is 0.380 e. The van der Waals surface area contributed by atoms with Crippen LogP contribution in [0.3, 0.4) is 0 Å². The molecule has 0 amide bonds. The Bertz CT molecular complexity index is 6300.